The molecular formula is C16H24N2O2S. The number of fused-ring (bicyclic) bond motifs is 1. The number of hydrogen-bond acceptors (Lipinski definition) is 3. The highest BCUT2D eigenvalue weighted by molar-refractivity contribution is 7.89. The van der Waals surface area contributed by atoms with Gasteiger partial charge in [-0.1, -0.05) is 13.0 Å². The van der Waals surface area contributed by atoms with Gasteiger partial charge in [-0.2, -0.15) is 0 Å². The van der Waals surface area contributed by atoms with Crippen LogP contribution < -0.4 is 4.72 Å². The third-order valence-electron chi connectivity index (χ3n) is 4.65. The monoisotopic (exact) mass is 308 g/mol. The molecule has 0 aromatic heterocycles. The van der Waals surface area contributed by atoms with Crippen molar-refractivity contribution in [3.05, 3.63) is 29.3 Å². The van der Waals surface area contributed by atoms with Crippen LogP contribution in [0.4, 0.5) is 0 Å². The highest BCUT2D eigenvalue weighted by Crippen LogP contribution is 2.25. The Labute approximate surface area is 127 Å². The predicted molar refractivity (Wildman–Crippen MR) is 83.9 cm³/mol. The van der Waals surface area contributed by atoms with Crippen LogP contribution >= 0.6 is 0 Å². The average molecular weight is 308 g/mol. The van der Waals surface area contributed by atoms with E-state index >= 15 is 0 Å². The molecule has 1 unspecified atom stereocenters. The summed E-state index contributed by atoms with van der Waals surface area (Å²) in [5.41, 5.74) is 2.51. The molecule has 0 bridgehead atoms. The van der Waals surface area contributed by atoms with E-state index in [1.54, 1.807) is 6.07 Å². The molecule has 0 spiro atoms. The second kappa shape index (κ2) is 6.07. The van der Waals surface area contributed by atoms with E-state index in [-0.39, 0.29) is 6.04 Å². The number of nitrogens with zero attached hydrogens (tertiary/aromatic N) is 1. The standard InChI is InChI=1S/C16H24N2O2S/c1-2-18-10-4-7-15(12-18)17-21(19,20)16-9-8-13-5-3-6-14(13)11-16/h8-9,11,15,17H,2-7,10,12H2,1H3. The van der Waals surface area contributed by atoms with Crippen molar-refractivity contribution in [3.63, 3.8) is 0 Å². The minimum atomic E-state index is -3.39. The molecule has 116 valence electrons. The molecule has 1 saturated heterocycles. The van der Waals surface area contributed by atoms with Crippen molar-refractivity contribution in [2.24, 2.45) is 0 Å². The zero-order valence-electron chi connectivity index (χ0n) is 12.6. The Kier molecular flexibility index (Phi) is 4.33. The van der Waals surface area contributed by atoms with Crippen LogP contribution in [0.15, 0.2) is 23.1 Å². The first-order valence-electron chi connectivity index (χ1n) is 7.95. The lowest BCUT2D eigenvalue weighted by Crippen LogP contribution is -2.47. The van der Waals surface area contributed by atoms with Crippen LogP contribution in [0.3, 0.4) is 0 Å². The van der Waals surface area contributed by atoms with Crippen molar-refractivity contribution >= 4 is 10.0 Å². The fourth-order valence-electron chi connectivity index (χ4n) is 3.44. The highest BCUT2D eigenvalue weighted by Gasteiger charge is 2.25. The molecule has 0 saturated carbocycles. The van der Waals surface area contributed by atoms with Crippen LogP contribution in [0.5, 0.6) is 0 Å². The van der Waals surface area contributed by atoms with Crippen molar-refractivity contribution in [2.45, 2.75) is 50.0 Å². The minimum Gasteiger partial charge on any atom is -0.302 e. The molecule has 1 aliphatic heterocycles. The van der Waals surface area contributed by atoms with Crippen LogP contribution in [0.1, 0.15) is 37.3 Å². The molecule has 1 atom stereocenters. The Morgan fingerprint density at radius 2 is 2.05 bits per heavy atom. The number of rotatable bonds is 4. The van der Waals surface area contributed by atoms with Gasteiger partial charge < -0.3 is 4.90 Å². The number of benzene rings is 1. The molecule has 4 nitrogen and oxygen atoms in total. The summed E-state index contributed by atoms with van der Waals surface area (Å²) in [5.74, 6) is 0. The van der Waals surface area contributed by atoms with E-state index in [1.165, 1.54) is 11.1 Å². The Morgan fingerprint density at radius 3 is 2.86 bits per heavy atom. The summed E-state index contributed by atoms with van der Waals surface area (Å²) in [5, 5.41) is 0. The number of piperidine rings is 1. The molecule has 2 aliphatic rings. The topological polar surface area (TPSA) is 49.4 Å². The van der Waals surface area contributed by atoms with E-state index < -0.39 is 10.0 Å². The molecule has 21 heavy (non-hydrogen) atoms. The first-order chi connectivity index (χ1) is 10.1. The molecule has 0 amide bonds. The number of likely N-dealkylation sites (N-methyl/N-ethyl adjacent to an activating group) is 1. The van der Waals surface area contributed by atoms with Gasteiger partial charge in [-0.15, -0.1) is 0 Å². The lowest BCUT2D eigenvalue weighted by Gasteiger charge is -2.32. The Bertz CT molecular complexity index is 613. The van der Waals surface area contributed by atoms with Gasteiger partial charge in [0.05, 0.1) is 4.90 Å². The van der Waals surface area contributed by atoms with Gasteiger partial charge in [0, 0.05) is 12.6 Å². The van der Waals surface area contributed by atoms with Gasteiger partial charge >= 0.3 is 0 Å². The van der Waals surface area contributed by atoms with Gasteiger partial charge in [0.2, 0.25) is 10.0 Å². The molecule has 0 radical (unpaired) electrons. The van der Waals surface area contributed by atoms with Gasteiger partial charge in [-0.05, 0) is 68.5 Å². The molecule has 1 fully saturated rings. The second-order valence-corrected chi connectivity index (χ2v) is 7.85. The Hall–Kier alpha value is -0.910. The summed E-state index contributed by atoms with van der Waals surface area (Å²) in [6.07, 6.45) is 5.22. The number of sulfonamides is 1. The van der Waals surface area contributed by atoms with Gasteiger partial charge in [0.25, 0.3) is 0 Å². The van der Waals surface area contributed by atoms with Gasteiger partial charge in [-0.25, -0.2) is 13.1 Å². The highest BCUT2D eigenvalue weighted by atomic mass is 32.2. The van der Waals surface area contributed by atoms with Crippen LogP contribution in [0, 0.1) is 0 Å². The minimum absolute atomic E-state index is 0.0388. The second-order valence-electron chi connectivity index (χ2n) is 6.14. The lowest BCUT2D eigenvalue weighted by atomic mass is 10.1. The van der Waals surface area contributed by atoms with Crippen LogP contribution in [-0.2, 0) is 22.9 Å². The zero-order valence-corrected chi connectivity index (χ0v) is 13.5. The maximum absolute atomic E-state index is 12.6. The summed E-state index contributed by atoms with van der Waals surface area (Å²) in [6.45, 7) is 5.00. The number of aryl methyl sites for hydroxylation is 2. The van der Waals surface area contributed by atoms with Crippen molar-refractivity contribution in [3.8, 4) is 0 Å². The normalized spacial score (nSPS) is 23.2. The van der Waals surface area contributed by atoms with E-state index in [0.717, 1.165) is 51.7 Å². The first kappa shape index (κ1) is 15.0. The lowest BCUT2D eigenvalue weighted by molar-refractivity contribution is 0.211. The average Bonchev–Trinajstić information content (AvgIpc) is 2.94. The molecule has 1 aromatic carbocycles. The summed E-state index contributed by atoms with van der Waals surface area (Å²) in [4.78, 5) is 2.73. The number of likely N-dealkylation sites (tertiary alicyclic amines) is 1. The fourth-order valence-corrected chi connectivity index (χ4v) is 4.75. The summed E-state index contributed by atoms with van der Waals surface area (Å²) < 4.78 is 28.0. The molecule has 1 N–H and O–H groups in total. The zero-order chi connectivity index (χ0) is 14.9. The van der Waals surface area contributed by atoms with Crippen LogP contribution in [0.2, 0.25) is 0 Å². The third kappa shape index (κ3) is 3.30. The molecule has 3 rings (SSSR count). The van der Waals surface area contributed by atoms with Crippen molar-refractivity contribution in [1.82, 2.24) is 9.62 Å². The van der Waals surface area contributed by atoms with Crippen LogP contribution in [-0.4, -0.2) is 39.0 Å². The third-order valence-corrected chi connectivity index (χ3v) is 6.17. The summed E-state index contributed by atoms with van der Waals surface area (Å²) >= 11 is 0. The van der Waals surface area contributed by atoms with Gasteiger partial charge in [0.1, 0.15) is 0 Å². The maximum Gasteiger partial charge on any atom is 0.240 e. The summed E-state index contributed by atoms with van der Waals surface area (Å²) in [6, 6.07) is 5.64. The first-order valence-corrected chi connectivity index (χ1v) is 9.43. The number of nitrogens with one attached hydrogen (secondary N) is 1. The Morgan fingerprint density at radius 1 is 1.24 bits per heavy atom. The predicted octanol–water partition coefficient (Wildman–Crippen LogP) is 1.94. The van der Waals surface area contributed by atoms with Crippen molar-refractivity contribution in [1.29, 1.82) is 0 Å². The molecule has 1 heterocycles. The Balaban J connectivity index is 1.74. The van der Waals surface area contributed by atoms with Crippen molar-refractivity contribution in [2.75, 3.05) is 19.6 Å². The van der Waals surface area contributed by atoms with Gasteiger partial charge in [0.15, 0.2) is 0 Å². The van der Waals surface area contributed by atoms with E-state index in [2.05, 4.69) is 16.5 Å². The van der Waals surface area contributed by atoms with Crippen LogP contribution in [0.25, 0.3) is 0 Å². The van der Waals surface area contributed by atoms with Crippen molar-refractivity contribution < 1.29 is 8.42 Å². The largest absolute Gasteiger partial charge is 0.302 e. The van der Waals surface area contributed by atoms with Gasteiger partial charge in [-0.3, -0.25) is 0 Å². The molecule has 5 heteroatoms. The maximum atomic E-state index is 12.6. The molecule has 1 aromatic rings. The summed E-state index contributed by atoms with van der Waals surface area (Å²) in [7, 11) is -3.39. The number of hydrogen-bond donors (Lipinski definition) is 1. The quantitative estimate of drug-likeness (QED) is 0.925. The van der Waals surface area contributed by atoms with E-state index in [4.69, 9.17) is 0 Å². The molecule has 1 aliphatic carbocycles. The van der Waals surface area contributed by atoms with E-state index in [1.807, 2.05) is 12.1 Å². The van der Waals surface area contributed by atoms with E-state index in [9.17, 15) is 8.42 Å². The SMILES string of the molecule is CCN1CCCC(NS(=O)(=O)c2ccc3c(c2)CCC3)C1. The smallest absolute Gasteiger partial charge is 0.240 e. The fraction of sp³-hybridized carbons (Fsp3) is 0.625. The molecular weight excluding hydrogens is 284 g/mol. The van der Waals surface area contributed by atoms with E-state index in [0.29, 0.717) is 4.90 Å².